The van der Waals surface area contributed by atoms with Crippen LogP contribution in [0.1, 0.15) is 117 Å². The quantitative estimate of drug-likeness (QED) is 0.408. The highest BCUT2D eigenvalue weighted by molar-refractivity contribution is 5.90. The molecule has 0 spiro atoms. The summed E-state index contributed by atoms with van der Waals surface area (Å²) in [6.45, 7) is 23.5. The molecule has 0 aliphatic heterocycles. The van der Waals surface area contributed by atoms with Gasteiger partial charge < -0.3 is 4.74 Å². The first-order valence-electron chi connectivity index (χ1n) is 13.6. The fourth-order valence-electron chi connectivity index (χ4n) is 8.53. The van der Waals surface area contributed by atoms with E-state index in [1.54, 1.807) is 0 Å². The van der Waals surface area contributed by atoms with Crippen LogP contribution in [0.2, 0.25) is 0 Å². The van der Waals surface area contributed by atoms with Gasteiger partial charge in [-0.1, -0.05) is 66.7 Å². The molecule has 0 saturated heterocycles. The molecule has 0 aromatic heterocycles. The highest BCUT2D eigenvalue weighted by atomic mass is 16.6. The van der Waals surface area contributed by atoms with E-state index in [0.717, 1.165) is 18.3 Å². The number of esters is 1. The zero-order valence-corrected chi connectivity index (χ0v) is 23.5. The molecule has 4 rings (SSSR count). The average Bonchev–Trinajstić information content (AvgIpc) is 2.70. The molecule has 0 bridgehead atoms. The smallest absolute Gasteiger partial charge is 0.338 e. The van der Waals surface area contributed by atoms with Crippen LogP contribution >= 0.6 is 0 Å². The molecule has 0 heterocycles. The van der Waals surface area contributed by atoms with E-state index in [4.69, 9.17) is 4.74 Å². The predicted molar refractivity (Wildman–Crippen MR) is 143 cm³/mol. The molecule has 3 aliphatic carbocycles. The van der Waals surface area contributed by atoms with Gasteiger partial charge in [-0.3, -0.25) is 0 Å². The Hall–Kier alpha value is -1.57. The summed E-state index contributed by atoms with van der Waals surface area (Å²) in [5, 5.41) is 0. The zero-order chi connectivity index (χ0) is 25.3. The third kappa shape index (κ3) is 3.79. The monoisotopic (exact) mass is 464 g/mol. The molecule has 2 nitrogen and oxygen atoms in total. The summed E-state index contributed by atoms with van der Waals surface area (Å²) in [7, 11) is 0. The van der Waals surface area contributed by atoms with Gasteiger partial charge in [0.2, 0.25) is 0 Å². The normalized spacial score (nSPS) is 36.6. The molecule has 1 aromatic rings. The van der Waals surface area contributed by atoms with E-state index in [1.807, 2.05) is 32.9 Å². The van der Waals surface area contributed by atoms with Gasteiger partial charge >= 0.3 is 5.97 Å². The molecule has 3 aliphatic rings. The minimum Gasteiger partial charge on any atom is -0.456 e. The zero-order valence-electron chi connectivity index (χ0n) is 23.5. The van der Waals surface area contributed by atoms with Crippen molar-refractivity contribution in [1.82, 2.24) is 0 Å². The van der Waals surface area contributed by atoms with E-state index in [9.17, 15) is 4.79 Å². The van der Waals surface area contributed by atoms with Crippen molar-refractivity contribution in [1.29, 1.82) is 0 Å². The highest BCUT2D eigenvalue weighted by Crippen LogP contribution is 2.72. The third-order valence-corrected chi connectivity index (χ3v) is 11.0. The van der Waals surface area contributed by atoms with Crippen molar-refractivity contribution in [3.63, 3.8) is 0 Å². The largest absolute Gasteiger partial charge is 0.456 e. The first kappa shape index (κ1) is 25.5. The summed E-state index contributed by atoms with van der Waals surface area (Å²) < 4.78 is 5.56. The number of hydrogen-bond acceptors (Lipinski definition) is 2. The number of ether oxygens (including phenoxy) is 1. The van der Waals surface area contributed by atoms with E-state index >= 15 is 0 Å². The van der Waals surface area contributed by atoms with Gasteiger partial charge in [0.1, 0.15) is 5.60 Å². The summed E-state index contributed by atoms with van der Waals surface area (Å²) in [5.41, 5.74) is 4.10. The Kier molecular flexibility index (Phi) is 5.98. The van der Waals surface area contributed by atoms with Crippen LogP contribution in [0.25, 0.3) is 5.57 Å². The van der Waals surface area contributed by atoms with E-state index < -0.39 is 5.60 Å². The SMILES string of the molecule is CC1CCC2C3(C)CC=C(c4ccc(C(=O)OC(C)(C)C)cc4)C(C)(C)C3CCC2(C)C1(C)C. The van der Waals surface area contributed by atoms with Crippen LogP contribution in [0, 0.1) is 39.4 Å². The minimum absolute atomic E-state index is 0.106. The van der Waals surface area contributed by atoms with Crippen LogP contribution in [0.3, 0.4) is 0 Å². The van der Waals surface area contributed by atoms with Gasteiger partial charge in [-0.2, -0.15) is 0 Å². The first-order chi connectivity index (χ1) is 15.5. The fraction of sp³-hybridized carbons (Fsp3) is 0.719. The number of rotatable bonds is 2. The fourth-order valence-corrected chi connectivity index (χ4v) is 8.53. The van der Waals surface area contributed by atoms with E-state index in [0.29, 0.717) is 27.7 Å². The van der Waals surface area contributed by atoms with Crippen molar-refractivity contribution in [2.75, 3.05) is 0 Å². The molecule has 2 heteroatoms. The second-order valence-electron chi connectivity index (χ2n) is 14.4. The van der Waals surface area contributed by atoms with Crippen molar-refractivity contribution < 1.29 is 9.53 Å². The summed E-state index contributed by atoms with van der Waals surface area (Å²) in [6.07, 6.45) is 9.09. The van der Waals surface area contributed by atoms with E-state index in [2.05, 4.69) is 66.7 Å². The maximum Gasteiger partial charge on any atom is 0.338 e. The van der Waals surface area contributed by atoms with E-state index in [1.165, 1.54) is 36.8 Å². The summed E-state index contributed by atoms with van der Waals surface area (Å²) >= 11 is 0. The number of allylic oxidation sites excluding steroid dienone is 2. The van der Waals surface area contributed by atoms with Crippen molar-refractivity contribution in [2.45, 2.75) is 107 Å². The number of carbonyl (C=O) groups excluding carboxylic acids is 1. The molecular weight excluding hydrogens is 416 g/mol. The van der Waals surface area contributed by atoms with Gasteiger partial charge in [0.15, 0.2) is 0 Å². The number of carbonyl (C=O) groups is 1. The lowest BCUT2D eigenvalue weighted by molar-refractivity contribution is -0.180. The van der Waals surface area contributed by atoms with Gasteiger partial charge in [-0.25, -0.2) is 4.79 Å². The predicted octanol–water partition coefficient (Wildman–Crippen LogP) is 8.95. The minimum atomic E-state index is -0.477. The molecule has 0 amide bonds. The Morgan fingerprint density at radius 1 is 0.912 bits per heavy atom. The van der Waals surface area contributed by atoms with Crippen molar-refractivity contribution >= 4 is 11.5 Å². The van der Waals surface area contributed by atoms with Gasteiger partial charge in [0.25, 0.3) is 0 Å². The van der Waals surface area contributed by atoms with Crippen LogP contribution in [-0.2, 0) is 4.74 Å². The second kappa shape index (κ2) is 7.97. The van der Waals surface area contributed by atoms with Crippen molar-refractivity contribution in [3.8, 4) is 0 Å². The maximum atomic E-state index is 12.5. The van der Waals surface area contributed by atoms with Crippen LogP contribution < -0.4 is 0 Å². The molecular formula is C32H48O2. The van der Waals surface area contributed by atoms with Crippen LogP contribution in [-0.4, -0.2) is 11.6 Å². The lowest BCUT2D eigenvalue weighted by Gasteiger charge is -2.68. The highest BCUT2D eigenvalue weighted by Gasteiger charge is 2.64. The lowest BCUT2D eigenvalue weighted by Crippen LogP contribution is -2.61. The Morgan fingerprint density at radius 2 is 1.53 bits per heavy atom. The van der Waals surface area contributed by atoms with E-state index in [-0.39, 0.29) is 11.4 Å². The summed E-state index contributed by atoms with van der Waals surface area (Å²) in [5.74, 6) is 1.99. The standard InChI is InChI=1S/C32H48O2/c1-21-11-16-26-31(9)19-17-24(22-12-14-23(15-13-22)27(33)34-28(2,3)4)29(5,6)25(31)18-20-32(26,10)30(21,7)8/h12-15,17,21,25-26H,11,16,18-20H2,1-10H3. The molecule has 34 heavy (non-hydrogen) atoms. The van der Waals surface area contributed by atoms with Crippen molar-refractivity contribution in [2.24, 2.45) is 39.4 Å². The molecule has 2 fully saturated rings. The molecule has 2 saturated carbocycles. The molecule has 5 unspecified atom stereocenters. The summed E-state index contributed by atoms with van der Waals surface area (Å²) in [4.78, 5) is 12.5. The lowest BCUT2D eigenvalue weighted by atomic mass is 9.36. The molecule has 5 atom stereocenters. The van der Waals surface area contributed by atoms with Crippen LogP contribution in [0.5, 0.6) is 0 Å². The first-order valence-corrected chi connectivity index (χ1v) is 13.6. The Bertz CT molecular complexity index is 973. The van der Waals surface area contributed by atoms with Gasteiger partial charge in [-0.15, -0.1) is 0 Å². The number of fused-ring (bicyclic) bond motifs is 3. The maximum absolute atomic E-state index is 12.5. The number of hydrogen-bond donors (Lipinski definition) is 0. The van der Waals surface area contributed by atoms with Gasteiger partial charge in [0, 0.05) is 0 Å². The number of benzene rings is 1. The van der Waals surface area contributed by atoms with Crippen molar-refractivity contribution in [3.05, 3.63) is 41.5 Å². The topological polar surface area (TPSA) is 26.3 Å². The Labute approximate surface area is 208 Å². The summed E-state index contributed by atoms with van der Waals surface area (Å²) in [6, 6.07) is 8.15. The van der Waals surface area contributed by atoms with Crippen LogP contribution in [0.4, 0.5) is 0 Å². The second-order valence-corrected chi connectivity index (χ2v) is 14.4. The average molecular weight is 465 g/mol. The molecule has 1 aromatic carbocycles. The van der Waals surface area contributed by atoms with Crippen LogP contribution in [0.15, 0.2) is 30.3 Å². The Morgan fingerprint density at radius 3 is 2.12 bits per heavy atom. The van der Waals surface area contributed by atoms with Gasteiger partial charge in [0.05, 0.1) is 5.56 Å². The molecule has 0 radical (unpaired) electrons. The third-order valence-electron chi connectivity index (χ3n) is 11.0. The molecule has 188 valence electrons. The molecule has 0 N–H and O–H groups in total. The van der Waals surface area contributed by atoms with Gasteiger partial charge in [-0.05, 0) is 116 Å². The Balaban J connectivity index is 1.65.